The molecule has 0 saturated carbocycles. The first-order valence-corrected chi connectivity index (χ1v) is 5.61. The highest BCUT2D eigenvalue weighted by Crippen LogP contribution is 2.22. The van der Waals surface area contributed by atoms with E-state index < -0.39 is 0 Å². The normalized spacial score (nSPS) is 11.1. The fourth-order valence-corrected chi connectivity index (χ4v) is 1.88. The molecule has 0 radical (unpaired) electrons. The molecule has 3 rings (SSSR count). The van der Waals surface area contributed by atoms with Gasteiger partial charge in [-0.2, -0.15) is 0 Å². The molecule has 0 aliphatic carbocycles. The van der Waals surface area contributed by atoms with Gasteiger partial charge in [0.2, 0.25) is 5.82 Å². The van der Waals surface area contributed by atoms with Crippen molar-refractivity contribution in [3.05, 3.63) is 40.7 Å². The third kappa shape index (κ3) is 1.44. The van der Waals surface area contributed by atoms with Crippen molar-refractivity contribution in [1.82, 2.24) is 14.6 Å². The summed E-state index contributed by atoms with van der Waals surface area (Å²) < 4.78 is 7.89. The van der Waals surface area contributed by atoms with Crippen molar-refractivity contribution >= 4 is 21.6 Å². The summed E-state index contributed by atoms with van der Waals surface area (Å²) in [7, 11) is 0. The Balaban J connectivity index is 2.22. The quantitative estimate of drug-likeness (QED) is 0.687. The molecule has 0 aliphatic heterocycles. The molecule has 16 heavy (non-hydrogen) atoms. The van der Waals surface area contributed by atoms with Crippen LogP contribution in [0.15, 0.2) is 39.4 Å². The second-order valence-electron chi connectivity index (χ2n) is 3.48. The molecule has 0 atom stereocenters. The van der Waals surface area contributed by atoms with Crippen LogP contribution in [0.25, 0.3) is 17.2 Å². The molecule has 3 heterocycles. The van der Waals surface area contributed by atoms with Crippen molar-refractivity contribution in [2.75, 3.05) is 0 Å². The molecule has 4 nitrogen and oxygen atoms in total. The van der Waals surface area contributed by atoms with Crippen molar-refractivity contribution in [3.8, 4) is 11.6 Å². The summed E-state index contributed by atoms with van der Waals surface area (Å²) >= 11 is 3.26. The Morgan fingerprint density at radius 3 is 2.81 bits per heavy atom. The van der Waals surface area contributed by atoms with Crippen LogP contribution in [0.3, 0.4) is 0 Å². The molecule has 5 heteroatoms. The van der Waals surface area contributed by atoms with Gasteiger partial charge in [-0.25, -0.2) is 9.50 Å². The first-order chi connectivity index (χ1) is 7.74. The Morgan fingerprint density at radius 2 is 2.12 bits per heavy atom. The Kier molecular flexibility index (Phi) is 2.07. The second-order valence-corrected chi connectivity index (χ2v) is 4.26. The molecule has 0 bridgehead atoms. The molecule has 0 spiro atoms. The van der Waals surface area contributed by atoms with Crippen molar-refractivity contribution in [3.63, 3.8) is 0 Å². The summed E-state index contributed by atoms with van der Waals surface area (Å²) in [4.78, 5) is 4.39. The standard InChI is InChI=1S/C11H8BrN3O/c1-7-3-2-4-10-13-11(14-15(7)10)8-5-6-9(12)16-8/h2-6H,1H3. The van der Waals surface area contributed by atoms with Crippen LogP contribution >= 0.6 is 15.9 Å². The van der Waals surface area contributed by atoms with Crippen LogP contribution in [0.4, 0.5) is 0 Å². The molecule has 0 saturated heterocycles. The minimum Gasteiger partial charge on any atom is -0.446 e. The lowest BCUT2D eigenvalue weighted by molar-refractivity contribution is 0.551. The molecule has 0 aromatic carbocycles. The monoisotopic (exact) mass is 277 g/mol. The van der Waals surface area contributed by atoms with Gasteiger partial charge in [-0.1, -0.05) is 6.07 Å². The Labute approximate surface area is 100 Å². The smallest absolute Gasteiger partial charge is 0.217 e. The van der Waals surface area contributed by atoms with Gasteiger partial charge in [-0.05, 0) is 47.1 Å². The average molecular weight is 278 g/mol. The van der Waals surface area contributed by atoms with Crippen LogP contribution in [0.2, 0.25) is 0 Å². The Hall–Kier alpha value is -1.62. The van der Waals surface area contributed by atoms with E-state index in [-0.39, 0.29) is 0 Å². The summed E-state index contributed by atoms with van der Waals surface area (Å²) in [6.45, 7) is 1.99. The van der Waals surface area contributed by atoms with Crippen molar-refractivity contribution in [2.45, 2.75) is 6.92 Å². The molecule has 0 unspecified atom stereocenters. The van der Waals surface area contributed by atoms with Crippen LogP contribution in [-0.2, 0) is 0 Å². The summed E-state index contributed by atoms with van der Waals surface area (Å²) in [5, 5.41) is 4.39. The lowest BCUT2D eigenvalue weighted by atomic mass is 10.4. The summed E-state index contributed by atoms with van der Waals surface area (Å²) in [6.07, 6.45) is 0. The highest BCUT2D eigenvalue weighted by atomic mass is 79.9. The third-order valence-corrected chi connectivity index (χ3v) is 2.77. The highest BCUT2D eigenvalue weighted by Gasteiger charge is 2.10. The van der Waals surface area contributed by atoms with E-state index in [2.05, 4.69) is 26.0 Å². The van der Waals surface area contributed by atoms with E-state index >= 15 is 0 Å². The number of aryl methyl sites for hydroxylation is 1. The fourth-order valence-electron chi connectivity index (χ4n) is 1.57. The van der Waals surface area contributed by atoms with E-state index in [1.165, 1.54) is 0 Å². The van der Waals surface area contributed by atoms with Crippen LogP contribution in [0.5, 0.6) is 0 Å². The summed E-state index contributed by atoms with van der Waals surface area (Å²) in [5.74, 6) is 1.26. The Bertz CT molecular complexity index is 656. The van der Waals surface area contributed by atoms with Gasteiger partial charge in [0.15, 0.2) is 16.1 Å². The molecule has 0 fully saturated rings. The fraction of sp³-hybridized carbons (Fsp3) is 0.0909. The molecule has 3 aromatic rings. The average Bonchev–Trinajstić information content (AvgIpc) is 2.84. The number of furan rings is 1. The topological polar surface area (TPSA) is 43.3 Å². The van der Waals surface area contributed by atoms with Gasteiger partial charge in [0, 0.05) is 5.69 Å². The number of halogens is 1. The second kappa shape index (κ2) is 3.45. The first-order valence-electron chi connectivity index (χ1n) is 4.82. The Morgan fingerprint density at radius 1 is 1.25 bits per heavy atom. The summed E-state index contributed by atoms with van der Waals surface area (Å²) in [5.41, 5.74) is 1.87. The van der Waals surface area contributed by atoms with Crippen molar-refractivity contribution < 1.29 is 4.42 Å². The minimum absolute atomic E-state index is 0.597. The molecule has 0 amide bonds. The lowest BCUT2D eigenvalue weighted by Gasteiger charge is -1.93. The van der Waals surface area contributed by atoms with E-state index in [0.29, 0.717) is 16.3 Å². The van der Waals surface area contributed by atoms with Gasteiger partial charge in [-0.15, -0.1) is 5.10 Å². The maximum absolute atomic E-state index is 5.42. The maximum atomic E-state index is 5.42. The molecule has 0 aliphatic rings. The number of nitrogens with zero attached hydrogens (tertiary/aromatic N) is 3. The number of rotatable bonds is 1. The lowest BCUT2D eigenvalue weighted by Crippen LogP contribution is -1.91. The van der Waals surface area contributed by atoms with E-state index in [1.54, 1.807) is 4.52 Å². The number of pyridine rings is 1. The zero-order valence-electron chi connectivity index (χ0n) is 8.51. The van der Waals surface area contributed by atoms with Gasteiger partial charge in [0.1, 0.15) is 0 Å². The zero-order chi connectivity index (χ0) is 11.1. The largest absolute Gasteiger partial charge is 0.446 e. The predicted octanol–water partition coefficient (Wildman–Crippen LogP) is 3.06. The highest BCUT2D eigenvalue weighted by molar-refractivity contribution is 9.10. The van der Waals surface area contributed by atoms with E-state index in [9.17, 15) is 0 Å². The van der Waals surface area contributed by atoms with E-state index in [0.717, 1.165) is 11.3 Å². The first kappa shape index (κ1) is 9.59. The maximum Gasteiger partial charge on any atom is 0.217 e. The number of aromatic nitrogens is 3. The van der Waals surface area contributed by atoms with Crippen molar-refractivity contribution in [1.29, 1.82) is 0 Å². The van der Waals surface area contributed by atoms with E-state index in [1.807, 2.05) is 37.3 Å². The number of fused-ring (bicyclic) bond motifs is 1. The summed E-state index contributed by atoms with van der Waals surface area (Å²) in [6, 6.07) is 9.54. The SMILES string of the molecule is Cc1cccc2nc(-c3ccc(Br)o3)nn12. The van der Waals surface area contributed by atoms with Gasteiger partial charge in [0.05, 0.1) is 0 Å². The molecular weight excluding hydrogens is 270 g/mol. The number of hydrogen-bond acceptors (Lipinski definition) is 3. The molecule has 0 N–H and O–H groups in total. The van der Waals surface area contributed by atoms with Gasteiger partial charge >= 0.3 is 0 Å². The number of hydrogen-bond donors (Lipinski definition) is 0. The third-order valence-electron chi connectivity index (χ3n) is 2.34. The molecule has 80 valence electrons. The van der Waals surface area contributed by atoms with Crippen molar-refractivity contribution in [2.24, 2.45) is 0 Å². The van der Waals surface area contributed by atoms with Crippen LogP contribution in [0.1, 0.15) is 5.69 Å². The van der Waals surface area contributed by atoms with Gasteiger partial charge in [0.25, 0.3) is 0 Å². The molecule has 3 aromatic heterocycles. The van der Waals surface area contributed by atoms with Gasteiger partial charge < -0.3 is 4.42 Å². The minimum atomic E-state index is 0.597. The zero-order valence-corrected chi connectivity index (χ0v) is 10.1. The van der Waals surface area contributed by atoms with E-state index in [4.69, 9.17) is 4.42 Å². The van der Waals surface area contributed by atoms with Gasteiger partial charge in [-0.3, -0.25) is 0 Å². The van der Waals surface area contributed by atoms with Crippen LogP contribution in [-0.4, -0.2) is 14.6 Å². The molecular formula is C11H8BrN3O. The predicted molar refractivity (Wildman–Crippen MR) is 63.1 cm³/mol. The van der Waals surface area contributed by atoms with Crippen LogP contribution in [0, 0.1) is 6.92 Å². The van der Waals surface area contributed by atoms with Crippen LogP contribution < -0.4 is 0 Å².